The van der Waals surface area contributed by atoms with Crippen LogP contribution in [0.15, 0.2) is 24.3 Å². The van der Waals surface area contributed by atoms with Gasteiger partial charge in [0.15, 0.2) is 0 Å². The number of rotatable bonds is 5. The zero-order valence-electron chi connectivity index (χ0n) is 9.83. The van der Waals surface area contributed by atoms with Crippen LogP contribution in [0.3, 0.4) is 0 Å². The molecule has 0 heterocycles. The standard InChI is InChI=1S/C13H21NO/c1-4-13(14-9-11(3)15)12-7-5-10(2)6-8-12/h5-8,11,13-15H,4,9H2,1-3H3/t11-,13?/m0/s1. The summed E-state index contributed by atoms with van der Waals surface area (Å²) in [6.07, 6.45) is 0.750. The molecule has 0 aliphatic heterocycles. The molecule has 0 bridgehead atoms. The molecule has 0 aromatic heterocycles. The lowest BCUT2D eigenvalue weighted by Gasteiger charge is -2.18. The van der Waals surface area contributed by atoms with E-state index in [1.54, 1.807) is 6.92 Å². The van der Waals surface area contributed by atoms with Gasteiger partial charge in [0.1, 0.15) is 0 Å². The van der Waals surface area contributed by atoms with Crippen LogP contribution in [0.1, 0.15) is 37.4 Å². The van der Waals surface area contributed by atoms with Gasteiger partial charge in [0.2, 0.25) is 0 Å². The number of benzene rings is 1. The maximum absolute atomic E-state index is 9.23. The van der Waals surface area contributed by atoms with Gasteiger partial charge < -0.3 is 10.4 Å². The largest absolute Gasteiger partial charge is 0.392 e. The van der Waals surface area contributed by atoms with Crippen molar-refractivity contribution in [2.45, 2.75) is 39.3 Å². The summed E-state index contributed by atoms with van der Waals surface area (Å²) in [5, 5.41) is 12.6. The van der Waals surface area contributed by atoms with E-state index >= 15 is 0 Å². The van der Waals surface area contributed by atoms with Crippen LogP contribution in [0.4, 0.5) is 0 Å². The number of aryl methyl sites for hydroxylation is 1. The van der Waals surface area contributed by atoms with Gasteiger partial charge in [-0.05, 0) is 25.8 Å². The van der Waals surface area contributed by atoms with Gasteiger partial charge in [-0.2, -0.15) is 0 Å². The summed E-state index contributed by atoms with van der Waals surface area (Å²) < 4.78 is 0. The molecular formula is C13H21NO. The smallest absolute Gasteiger partial charge is 0.0636 e. The highest BCUT2D eigenvalue weighted by Gasteiger charge is 2.08. The predicted molar refractivity (Wildman–Crippen MR) is 63.9 cm³/mol. The molecule has 1 aromatic carbocycles. The highest BCUT2D eigenvalue weighted by atomic mass is 16.3. The summed E-state index contributed by atoms with van der Waals surface area (Å²) in [4.78, 5) is 0. The molecular weight excluding hydrogens is 186 g/mol. The van der Waals surface area contributed by atoms with E-state index in [-0.39, 0.29) is 6.10 Å². The van der Waals surface area contributed by atoms with Gasteiger partial charge in [0, 0.05) is 12.6 Å². The van der Waals surface area contributed by atoms with E-state index in [1.807, 2.05) is 0 Å². The Morgan fingerprint density at radius 2 is 1.87 bits per heavy atom. The number of nitrogens with one attached hydrogen (secondary N) is 1. The molecule has 0 aliphatic rings. The summed E-state index contributed by atoms with van der Waals surface area (Å²) in [7, 11) is 0. The van der Waals surface area contributed by atoms with Crippen LogP contribution in [0.5, 0.6) is 0 Å². The molecule has 2 N–H and O–H groups in total. The Balaban J connectivity index is 2.61. The summed E-state index contributed by atoms with van der Waals surface area (Å²) >= 11 is 0. The summed E-state index contributed by atoms with van der Waals surface area (Å²) in [5.41, 5.74) is 2.58. The van der Waals surface area contributed by atoms with Crippen molar-refractivity contribution in [2.75, 3.05) is 6.54 Å². The molecule has 2 heteroatoms. The molecule has 84 valence electrons. The third kappa shape index (κ3) is 4.02. The molecule has 0 saturated heterocycles. The Hall–Kier alpha value is -0.860. The van der Waals surface area contributed by atoms with E-state index in [9.17, 15) is 5.11 Å². The van der Waals surface area contributed by atoms with Crippen LogP contribution in [0.25, 0.3) is 0 Å². The van der Waals surface area contributed by atoms with Crippen LogP contribution in [-0.2, 0) is 0 Å². The Morgan fingerprint density at radius 3 is 2.33 bits per heavy atom. The molecule has 0 radical (unpaired) electrons. The Kier molecular flexibility index (Phi) is 4.79. The molecule has 0 saturated carbocycles. The minimum absolute atomic E-state index is 0.288. The molecule has 2 atom stereocenters. The monoisotopic (exact) mass is 207 g/mol. The molecule has 0 fully saturated rings. The van der Waals surface area contributed by atoms with Crippen molar-refractivity contribution in [3.63, 3.8) is 0 Å². The Morgan fingerprint density at radius 1 is 1.27 bits per heavy atom. The fourth-order valence-corrected chi connectivity index (χ4v) is 1.61. The maximum Gasteiger partial charge on any atom is 0.0636 e. The van der Waals surface area contributed by atoms with Gasteiger partial charge in [-0.25, -0.2) is 0 Å². The third-order valence-electron chi connectivity index (χ3n) is 2.55. The quantitative estimate of drug-likeness (QED) is 0.777. The molecule has 2 nitrogen and oxygen atoms in total. The second-order valence-corrected chi connectivity index (χ2v) is 4.13. The topological polar surface area (TPSA) is 32.3 Å². The summed E-state index contributed by atoms with van der Waals surface area (Å²) in [6, 6.07) is 8.90. The molecule has 1 rings (SSSR count). The minimum Gasteiger partial charge on any atom is -0.392 e. The van der Waals surface area contributed by atoms with Gasteiger partial charge >= 0.3 is 0 Å². The average Bonchev–Trinajstić information content (AvgIpc) is 2.21. The highest BCUT2D eigenvalue weighted by molar-refractivity contribution is 5.24. The first-order valence-electron chi connectivity index (χ1n) is 5.61. The third-order valence-corrected chi connectivity index (χ3v) is 2.55. The van der Waals surface area contributed by atoms with Gasteiger partial charge in [0.25, 0.3) is 0 Å². The highest BCUT2D eigenvalue weighted by Crippen LogP contribution is 2.16. The summed E-state index contributed by atoms with van der Waals surface area (Å²) in [5.74, 6) is 0. The maximum atomic E-state index is 9.23. The van der Waals surface area contributed by atoms with Crippen LogP contribution >= 0.6 is 0 Å². The Labute approximate surface area is 92.3 Å². The van der Waals surface area contributed by atoms with Crippen LogP contribution in [0.2, 0.25) is 0 Å². The zero-order chi connectivity index (χ0) is 11.3. The minimum atomic E-state index is -0.288. The first-order valence-corrected chi connectivity index (χ1v) is 5.61. The molecule has 0 aliphatic carbocycles. The van der Waals surface area contributed by atoms with Crippen molar-refractivity contribution in [1.82, 2.24) is 5.32 Å². The van der Waals surface area contributed by atoms with Crippen molar-refractivity contribution in [1.29, 1.82) is 0 Å². The number of aliphatic hydroxyl groups is 1. The number of hydrogen-bond donors (Lipinski definition) is 2. The van der Waals surface area contributed by atoms with E-state index in [0.717, 1.165) is 6.42 Å². The Bertz CT molecular complexity index is 279. The molecule has 0 spiro atoms. The first kappa shape index (κ1) is 12.2. The molecule has 1 aromatic rings. The van der Waals surface area contributed by atoms with Crippen molar-refractivity contribution in [3.05, 3.63) is 35.4 Å². The lowest BCUT2D eigenvalue weighted by atomic mass is 10.0. The van der Waals surface area contributed by atoms with Crippen molar-refractivity contribution in [3.8, 4) is 0 Å². The zero-order valence-corrected chi connectivity index (χ0v) is 9.83. The van der Waals surface area contributed by atoms with Crippen molar-refractivity contribution >= 4 is 0 Å². The molecule has 1 unspecified atom stereocenters. The van der Waals surface area contributed by atoms with Gasteiger partial charge in [-0.1, -0.05) is 36.8 Å². The van der Waals surface area contributed by atoms with E-state index < -0.39 is 0 Å². The number of hydrogen-bond acceptors (Lipinski definition) is 2. The van der Waals surface area contributed by atoms with Gasteiger partial charge in [-0.15, -0.1) is 0 Å². The van der Waals surface area contributed by atoms with E-state index in [0.29, 0.717) is 12.6 Å². The van der Waals surface area contributed by atoms with Crippen molar-refractivity contribution < 1.29 is 5.11 Å². The fraction of sp³-hybridized carbons (Fsp3) is 0.538. The first-order chi connectivity index (χ1) is 7.13. The van der Waals surface area contributed by atoms with Gasteiger partial charge in [0.05, 0.1) is 6.10 Å². The van der Waals surface area contributed by atoms with Crippen LogP contribution in [-0.4, -0.2) is 17.8 Å². The molecule has 0 amide bonds. The van der Waals surface area contributed by atoms with Crippen molar-refractivity contribution in [2.24, 2.45) is 0 Å². The lowest BCUT2D eigenvalue weighted by molar-refractivity contribution is 0.185. The average molecular weight is 207 g/mol. The summed E-state index contributed by atoms with van der Waals surface area (Å²) in [6.45, 7) is 6.69. The second-order valence-electron chi connectivity index (χ2n) is 4.13. The van der Waals surface area contributed by atoms with Gasteiger partial charge in [-0.3, -0.25) is 0 Å². The normalized spacial score (nSPS) is 14.9. The second kappa shape index (κ2) is 5.89. The lowest BCUT2D eigenvalue weighted by Crippen LogP contribution is -2.28. The van der Waals surface area contributed by atoms with Crippen LogP contribution in [0, 0.1) is 6.92 Å². The van der Waals surface area contributed by atoms with E-state index in [2.05, 4.69) is 43.4 Å². The van der Waals surface area contributed by atoms with E-state index in [1.165, 1.54) is 11.1 Å². The molecule has 15 heavy (non-hydrogen) atoms. The fourth-order valence-electron chi connectivity index (χ4n) is 1.61. The SMILES string of the molecule is CCC(NC[C@H](C)O)c1ccc(C)cc1. The predicted octanol–water partition coefficient (Wildman–Crippen LogP) is 2.42. The van der Waals surface area contributed by atoms with E-state index in [4.69, 9.17) is 0 Å². The van der Waals surface area contributed by atoms with Crippen LogP contribution < -0.4 is 5.32 Å². The number of aliphatic hydroxyl groups excluding tert-OH is 1.